The van der Waals surface area contributed by atoms with Crippen LogP contribution in [0.2, 0.25) is 0 Å². The lowest BCUT2D eigenvalue weighted by atomic mass is 10.2. The molecule has 1 aliphatic rings. The Balaban J connectivity index is 1.46. The van der Waals surface area contributed by atoms with Crippen molar-refractivity contribution in [3.8, 4) is 5.75 Å². The third kappa shape index (κ3) is 4.73. The number of benzene rings is 2. The van der Waals surface area contributed by atoms with Crippen LogP contribution in [0.25, 0.3) is 0 Å². The molecular formula is C20H24FN3O2. The Bertz CT molecular complexity index is 726. The van der Waals surface area contributed by atoms with Gasteiger partial charge < -0.3 is 14.9 Å². The fourth-order valence-corrected chi connectivity index (χ4v) is 3.09. The highest BCUT2D eigenvalue weighted by atomic mass is 19.1. The van der Waals surface area contributed by atoms with Crippen molar-refractivity contribution in [1.29, 1.82) is 0 Å². The van der Waals surface area contributed by atoms with E-state index in [-0.39, 0.29) is 17.5 Å². The molecule has 0 bridgehead atoms. The Morgan fingerprint density at radius 1 is 1.04 bits per heavy atom. The molecule has 1 fully saturated rings. The van der Waals surface area contributed by atoms with Crippen molar-refractivity contribution in [2.24, 2.45) is 0 Å². The molecule has 6 heteroatoms. The van der Waals surface area contributed by atoms with Gasteiger partial charge in [-0.3, -0.25) is 9.69 Å². The molecule has 138 valence electrons. The minimum Gasteiger partial charge on any atom is -0.508 e. The quantitative estimate of drug-likeness (QED) is 0.892. The molecule has 1 N–H and O–H groups in total. The normalized spacial score (nSPS) is 15.1. The average Bonchev–Trinajstić information content (AvgIpc) is 2.65. The topological polar surface area (TPSA) is 47.0 Å². The Labute approximate surface area is 153 Å². The van der Waals surface area contributed by atoms with Crippen LogP contribution in [0.3, 0.4) is 0 Å². The number of amides is 1. The summed E-state index contributed by atoms with van der Waals surface area (Å²) < 4.78 is 13.0. The fraction of sp³-hybridized carbons (Fsp3) is 0.350. The van der Waals surface area contributed by atoms with Gasteiger partial charge in [0, 0.05) is 45.5 Å². The van der Waals surface area contributed by atoms with Gasteiger partial charge in [-0.15, -0.1) is 0 Å². The van der Waals surface area contributed by atoms with Gasteiger partial charge in [0.05, 0.1) is 6.54 Å². The van der Waals surface area contributed by atoms with Gasteiger partial charge in [0.2, 0.25) is 5.91 Å². The first-order valence-electron chi connectivity index (χ1n) is 8.76. The maximum atomic E-state index is 13.0. The molecule has 2 aromatic carbocycles. The van der Waals surface area contributed by atoms with E-state index in [1.54, 1.807) is 36.2 Å². The number of nitrogens with zero attached hydrogens (tertiary/aromatic N) is 3. The van der Waals surface area contributed by atoms with E-state index in [9.17, 15) is 14.3 Å². The van der Waals surface area contributed by atoms with Crippen LogP contribution in [-0.4, -0.2) is 60.6 Å². The van der Waals surface area contributed by atoms with E-state index in [1.165, 1.54) is 12.1 Å². The standard InChI is InChI=1S/C20H24FN3O2/c1-22(14-16-2-4-17(21)5-3-16)20(26)15-23-10-12-24(13-11-23)18-6-8-19(25)9-7-18/h2-9,25H,10-15H2,1H3. The Morgan fingerprint density at radius 3 is 2.27 bits per heavy atom. The number of likely N-dealkylation sites (N-methyl/N-ethyl adjacent to an activating group) is 1. The molecule has 1 saturated heterocycles. The second kappa shape index (κ2) is 8.19. The van der Waals surface area contributed by atoms with Crippen molar-refractivity contribution in [3.05, 3.63) is 59.9 Å². The van der Waals surface area contributed by atoms with Crippen molar-refractivity contribution in [2.45, 2.75) is 6.54 Å². The van der Waals surface area contributed by atoms with Crippen LogP contribution in [0, 0.1) is 5.82 Å². The Kier molecular flexibility index (Phi) is 5.73. The molecule has 0 aliphatic carbocycles. The van der Waals surface area contributed by atoms with E-state index < -0.39 is 0 Å². The van der Waals surface area contributed by atoms with Crippen molar-refractivity contribution in [2.75, 3.05) is 44.7 Å². The number of piperazine rings is 1. The molecular weight excluding hydrogens is 333 g/mol. The number of carbonyl (C=O) groups is 1. The van der Waals surface area contributed by atoms with Crippen LogP contribution in [0.15, 0.2) is 48.5 Å². The van der Waals surface area contributed by atoms with Gasteiger partial charge in [-0.1, -0.05) is 12.1 Å². The number of anilines is 1. The highest BCUT2D eigenvalue weighted by Crippen LogP contribution is 2.19. The predicted octanol–water partition coefficient (Wildman–Crippen LogP) is 2.31. The highest BCUT2D eigenvalue weighted by molar-refractivity contribution is 5.78. The summed E-state index contributed by atoms with van der Waals surface area (Å²) in [6, 6.07) is 13.4. The van der Waals surface area contributed by atoms with Gasteiger partial charge in [0.1, 0.15) is 11.6 Å². The molecule has 0 unspecified atom stereocenters. The number of aromatic hydroxyl groups is 1. The minimum absolute atomic E-state index is 0.0624. The van der Waals surface area contributed by atoms with Gasteiger partial charge in [0.15, 0.2) is 0 Å². The summed E-state index contributed by atoms with van der Waals surface area (Å²) in [6.45, 7) is 4.20. The van der Waals surface area contributed by atoms with E-state index in [0.29, 0.717) is 13.1 Å². The highest BCUT2D eigenvalue weighted by Gasteiger charge is 2.20. The zero-order valence-electron chi connectivity index (χ0n) is 14.9. The zero-order valence-corrected chi connectivity index (χ0v) is 14.9. The van der Waals surface area contributed by atoms with Crippen LogP contribution in [0.1, 0.15) is 5.56 Å². The molecule has 0 atom stereocenters. The largest absolute Gasteiger partial charge is 0.508 e. The summed E-state index contributed by atoms with van der Waals surface area (Å²) in [5.74, 6) is 0.0591. The number of hydrogen-bond donors (Lipinski definition) is 1. The molecule has 0 spiro atoms. The molecule has 1 amide bonds. The molecule has 0 aromatic heterocycles. The van der Waals surface area contributed by atoms with Gasteiger partial charge in [-0.05, 0) is 42.0 Å². The number of halogens is 1. The first kappa shape index (κ1) is 18.2. The predicted molar refractivity (Wildman–Crippen MR) is 99.6 cm³/mol. The number of carbonyl (C=O) groups excluding carboxylic acids is 1. The molecule has 1 heterocycles. The summed E-state index contributed by atoms with van der Waals surface area (Å²) in [6.07, 6.45) is 0. The zero-order chi connectivity index (χ0) is 18.5. The lowest BCUT2D eigenvalue weighted by Gasteiger charge is -2.36. The van der Waals surface area contributed by atoms with E-state index in [2.05, 4.69) is 9.80 Å². The van der Waals surface area contributed by atoms with Crippen LogP contribution in [0.4, 0.5) is 10.1 Å². The van der Waals surface area contributed by atoms with Crippen LogP contribution in [-0.2, 0) is 11.3 Å². The third-order valence-corrected chi connectivity index (χ3v) is 4.70. The van der Waals surface area contributed by atoms with Crippen LogP contribution < -0.4 is 4.90 Å². The summed E-state index contributed by atoms with van der Waals surface area (Å²) in [4.78, 5) is 18.5. The number of hydrogen-bond acceptors (Lipinski definition) is 4. The number of rotatable bonds is 5. The van der Waals surface area contributed by atoms with Gasteiger partial charge >= 0.3 is 0 Å². The summed E-state index contributed by atoms with van der Waals surface area (Å²) in [7, 11) is 1.78. The van der Waals surface area contributed by atoms with Crippen molar-refractivity contribution >= 4 is 11.6 Å². The monoisotopic (exact) mass is 357 g/mol. The molecule has 3 rings (SSSR count). The molecule has 0 radical (unpaired) electrons. The second-order valence-electron chi connectivity index (χ2n) is 6.66. The summed E-state index contributed by atoms with van der Waals surface area (Å²) in [5.41, 5.74) is 2.00. The van der Waals surface area contributed by atoms with E-state index >= 15 is 0 Å². The first-order chi connectivity index (χ1) is 12.5. The first-order valence-corrected chi connectivity index (χ1v) is 8.76. The van der Waals surface area contributed by atoms with E-state index in [0.717, 1.165) is 37.4 Å². The maximum absolute atomic E-state index is 13.0. The smallest absolute Gasteiger partial charge is 0.236 e. The molecule has 0 saturated carbocycles. The summed E-state index contributed by atoms with van der Waals surface area (Å²) in [5, 5.41) is 9.38. The Morgan fingerprint density at radius 2 is 1.65 bits per heavy atom. The average molecular weight is 357 g/mol. The Hall–Kier alpha value is -2.60. The van der Waals surface area contributed by atoms with Crippen LogP contribution in [0.5, 0.6) is 5.75 Å². The maximum Gasteiger partial charge on any atom is 0.236 e. The van der Waals surface area contributed by atoms with Gasteiger partial charge in [0.25, 0.3) is 0 Å². The van der Waals surface area contributed by atoms with E-state index in [4.69, 9.17) is 0 Å². The number of phenols is 1. The molecule has 26 heavy (non-hydrogen) atoms. The fourth-order valence-electron chi connectivity index (χ4n) is 3.09. The second-order valence-corrected chi connectivity index (χ2v) is 6.66. The van der Waals surface area contributed by atoms with Crippen molar-refractivity contribution < 1.29 is 14.3 Å². The van der Waals surface area contributed by atoms with Gasteiger partial charge in [-0.25, -0.2) is 4.39 Å². The third-order valence-electron chi connectivity index (χ3n) is 4.70. The molecule has 5 nitrogen and oxygen atoms in total. The number of phenolic OH excluding ortho intramolecular Hbond substituents is 1. The lowest BCUT2D eigenvalue weighted by Crippen LogP contribution is -2.49. The summed E-state index contributed by atoms with van der Waals surface area (Å²) >= 11 is 0. The SMILES string of the molecule is CN(Cc1ccc(F)cc1)C(=O)CN1CCN(c2ccc(O)cc2)CC1. The van der Waals surface area contributed by atoms with Crippen LogP contribution >= 0.6 is 0 Å². The molecule has 1 aliphatic heterocycles. The lowest BCUT2D eigenvalue weighted by molar-refractivity contribution is -0.131. The minimum atomic E-state index is -0.269. The van der Waals surface area contributed by atoms with Gasteiger partial charge in [-0.2, -0.15) is 0 Å². The molecule has 2 aromatic rings. The van der Waals surface area contributed by atoms with E-state index in [1.807, 2.05) is 12.1 Å². The van der Waals surface area contributed by atoms with Crippen molar-refractivity contribution in [1.82, 2.24) is 9.80 Å². The van der Waals surface area contributed by atoms with Crippen molar-refractivity contribution in [3.63, 3.8) is 0 Å².